The van der Waals surface area contributed by atoms with Gasteiger partial charge in [-0.1, -0.05) is 20.8 Å². The number of carboxylic acid groups (broad SMARTS) is 1. The number of rotatable bonds is 4. The molecule has 0 aromatic carbocycles. The van der Waals surface area contributed by atoms with E-state index >= 15 is 0 Å². The maximum absolute atomic E-state index is 10.5. The van der Waals surface area contributed by atoms with Crippen LogP contribution in [0.5, 0.6) is 5.88 Å². The molecule has 0 aliphatic heterocycles. The third-order valence-electron chi connectivity index (χ3n) is 1.95. The smallest absolute Gasteiger partial charge is 0.356 e. The Labute approximate surface area is 94.5 Å². The van der Waals surface area contributed by atoms with Crippen molar-refractivity contribution in [2.45, 2.75) is 27.2 Å². The van der Waals surface area contributed by atoms with Crippen LogP contribution in [0.3, 0.4) is 0 Å². The summed E-state index contributed by atoms with van der Waals surface area (Å²) < 4.78 is 5.35. The van der Waals surface area contributed by atoms with Crippen LogP contribution in [0.4, 0.5) is 0 Å². The summed E-state index contributed by atoms with van der Waals surface area (Å²) in [6.07, 6.45) is 3.41. The van der Waals surface area contributed by atoms with E-state index in [0.717, 1.165) is 6.42 Å². The second-order valence-corrected chi connectivity index (χ2v) is 4.70. The van der Waals surface area contributed by atoms with Crippen LogP contribution in [0.2, 0.25) is 0 Å². The highest BCUT2D eigenvalue weighted by molar-refractivity contribution is 5.84. The quantitative estimate of drug-likeness (QED) is 0.846. The number of ether oxygens (including phenoxy) is 1. The third kappa shape index (κ3) is 4.25. The molecule has 88 valence electrons. The molecular formula is C11H16N2O3. The van der Waals surface area contributed by atoms with Gasteiger partial charge in [0.1, 0.15) is 0 Å². The number of nitrogens with zero attached hydrogens (tertiary/aromatic N) is 2. The van der Waals surface area contributed by atoms with E-state index in [1.54, 1.807) is 0 Å². The molecule has 0 aliphatic rings. The number of aromatic nitrogens is 2. The summed E-state index contributed by atoms with van der Waals surface area (Å²) in [6, 6.07) is 0. The lowest BCUT2D eigenvalue weighted by Crippen LogP contribution is -2.12. The molecule has 16 heavy (non-hydrogen) atoms. The molecule has 5 heteroatoms. The van der Waals surface area contributed by atoms with Crippen molar-refractivity contribution in [2.24, 2.45) is 5.41 Å². The van der Waals surface area contributed by atoms with Crippen LogP contribution in [-0.4, -0.2) is 27.7 Å². The van der Waals surface area contributed by atoms with Gasteiger partial charge in [-0.15, -0.1) is 0 Å². The highest BCUT2D eigenvalue weighted by Crippen LogP contribution is 2.18. The lowest BCUT2D eigenvalue weighted by molar-refractivity contribution is 0.0690. The van der Waals surface area contributed by atoms with Crippen molar-refractivity contribution < 1.29 is 14.6 Å². The fourth-order valence-electron chi connectivity index (χ4n) is 0.963. The Morgan fingerprint density at radius 3 is 2.50 bits per heavy atom. The maximum Gasteiger partial charge on any atom is 0.356 e. The fraction of sp³-hybridized carbons (Fsp3) is 0.545. The first-order valence-electron chi connectivity index (χ1n) is 5.07. The van der Waals surface area contributed by atoms with Gasteiger partial charge < -0.3 is 9.84 Å². The summed E-state index contributed by atoms with van der Waals surface area (Å²) >= 11 is 0. The molecule has 0 saturated carbocycles. The lowest BCUT2D eigenvalue weighted by atomic mass is 9.93. The summed E-state index contributed by atoms with van der Waals surface area (Å²) in [4.78, 5) is 18.1. The van der Waals surface area contributed by atoms with Crippen LogP contribution >= 0.6 is 0 Å². The molecule has 1 aromatic rings. The molecule has 5 nitrogen and oxygen atoms in total. The molecule has 0 saturated heterocycles. The Morgan fingerprint density at radius 2 is 2.06 bits per heavy atom. The normalized spacial score (nSPS) is 11.2. The monoisotopic (exact) mass is 224 g/mol. The second-order valence-electron chi connectivity index (χ2n) is 4.70. The molecular weight excluding hydrogens is 208 g/mol. The molecule has 0 aliphatic carbocycles. The zero-order valence-electron chi connectivity index (χ0n) is 9.73. The van der Waals surface area contributed by atoms with Gasteiger partial charge in [0.2, 0.25) is 5.88 Å². The van der Waals surface area contributed by atoms with E-state index in [1.165, 1.54) is 12.4 Å². The Bertz CT molecular complexity index is 354. The van der Waals surface area contributed by atoms with E-state index in [4.69, 9.17) is 9.84 Å². The first-order chi connectivity index (χ1) is 7.38. The summed E-state index contributed by atoms with van der Waals surface area (Å²) in [5.41, 5.74) is 0.122. The average molecular weight is 224 g/mol. The van der Waals surface area contributed by atoms with Crippen molar-refractivity contribution in [3.63, 3.8) is 0 Å². The van der Waals surface area contributed by atoms with Gasteiger partial charge in [-0.05, 0) is 11.8 Å². The standard InChI is InChI=1S/C11H16N2O3/c1-11(2,3)4-5-16-9-7-12-8(6-13-9)10(14)15/h6-7H,4-5H2,1-3H3,(H,14,15). The molecule has 0 fully saturated rings. The van der Waals surface area contributed by atoms with Crippen LogP contribution in [0.1, 0.15) is 37.7 Å². The van der Waals surface area contributed by atoms with Crippen LogP contribution in [-0.2, 0) is 0 Å². The van der Waals surface area contributed by atoms with Crippen molar-refractivity contribution >= 4 is 5.97 Å². The van der Waals surface area contributed by atoms with Crippen molar-refractivity contribution in [3.05, 3.63) is 18.1 Å². The minimum Gasteiger partial charge on any atom is -0.477 e. The van der Waals surface area contributed by atoms with E-state index in [1.807, 2.05) is 0 Å². The van der Waals surface area contributed by atoms with E-state index in [9.17, 15) is 4.79 Å². The number of carbonyl (C=O) groups is 1. The zero-order chi connectivity index (χ0) is 12.2. The van der Waals surface area contributed by atoms with Crippen LogP contribution in [0.15, 0.2) is 12.4 Å². The van der Waals surface area contributed by atoms with E-state index in [0.29, 0.717) is 12.5 Å². The topological polar surface area (TPSA) is 72.3 Å². The Balaban J connectivity index is 2.47. The van der Waals surface area contributed by atoms with Gasteiger partial charge in [0, 0.05) is 0 Å². The van der Waals surface area contributed by atoms with Crippen molar-refractivity contribution in [3.8, 4) is 5.88 Å². The number of aromatic carboxylic acids is 1. The Hall–Kier alpha value is -1.65. The van der Waals surface area contributed by atoms with E-state index < -0.39 is 5.97 Å². The molecule has 1 heterocycles. The van der Waals surface area contributed by atoms with Crippen LogP contribution in [0, 0.1) is 5.41 Å². The van der Waals surface area contributed by atoms with Crippen molar-refractivity contribution in [1.29, 1.82) is 0 Å². The lowest BCUT2D eigenvalue weighted by Gasteiger charge is -2.17. The minimum atomic E-state index is -1.09. The van der Waals surface area contributed by atoms with Gasteiger partial charge in [0.25, 0.3) is 0 Å². The van der Waals surface area contributed by atoms with Gasteiger partial charge in [-0.2, -0.15) is 0 Å². The van der Waals surface area contributed by atoms with Gasteiger partial charge in [-0.3, -0.25) is 0 Å². The number of hydrogen-bond acceptors (Lipinski definition) is 4. The first-order valence-corrected chi connectivity index (χ1v) is 5.07. The Kier molecular flexibility index (Phi) is 3.82. The average Bonchev–Trinajstić information content (AvgIpc) is 2.16. The summed E-state index contributed by atoms with van der Waals surface area (Å²) in [5, 5.41) is 8.62. The molecule has 1 aromatic heterocycles. The van der Waals surface area contributed by atoms with Crippen LogP contribution < -0.4 is 4.74 Å². The van der Waals surface area contributed by atoms with E-state index in [-0.39, 0.29) is 11.1 Å². The first kappa shape index (κ1) is 12.4. The number of carboxylic acids is 1. The number of hydrogen-bond donors (Lipinski definition) is 1. The van der Waals surface area contributed by atoms with Gasteiger partial charge in [0.05, 0.1) is 19.0 Å². The van der Waals surface area contributed by atoms with Gasteiger partial charge in [-0.25, -0.2) is 14.8 Å². The predicted octanol–water partition coefficient (Wildman–Crippen LogP) is 1.99. The SMILES string of the molecule is CC(C)(C)CCOc1cnc(C(=O)O)cn1. The molecule has 0 bridgehead atoms. The summed E-state index contributed by atoms with van der Waals surface area (Å²) in [6.45, 7) is 6.91. The summed E-state index contributed by atoms with van der Waals surface area (Å²) in [7, 11) is 0. The minimum absolute atomic E-state index is 0.0804. The predicted molar refractivity (Wildman–Crippen MR) is 58.6 cm³/mol. The van der Waals surface area contributed by atoms with Gasteiger partial charge in [0.15, 0.2) is 5.69 Å². The third-order valence-corrected chi connectivity index (χ3v) is 1.95. The highest BCUT2D eigenvalue weighted by atomic mass is 16.5. The van der Waals surface area contributed by atoms with Crippen LogP contribution in [0.25, 0.3) is 0 Å². The van der Waals surface area contributed by atoms with Crippen molar-refractivity contribution in [1.82, 2.24) is 9.97 Å². The molecule has 0 unspecified atom stereocenters. The molecule has 0 amide bonds. The molecule has 0 radical (unpaired) electrons. The fourth-order valence-corrected chi connectivity index (χ4v) is 0.963. The molecule has 0 spiro atoms. The summed E-state index contributed by atoms with van der Waals surface area (Å²) in [5.74, 6) is -0.733. The van der Waals surface area contributed by atoms with Crippen molar-refractivity contribution in [2.75, 3.05) is 6.61 Å². The zero-order valence-corrected chi connectivity index (χ0v) is 9.73. The Morgan fingerprint density at radius 1 is 1.38 bits per heavy atom. The maximum atomic E-state index is 10.5. The molecule has 1 N–H and O–H groups in total. The highest BCUT2D eigenvalue weighted by Gasteiger charge is 2.10. The van der Waals surface area contributed by atoms with Gasteiger partial charge >= 0.3 is 5.97 Å². The largest absolute Gasteiger partial charge is 0.477 e. The van der Waals surface area contributed by atoms with E-state index in [2.05, 4.69) is 30.7 Å². The second kappa shape index (κ2) is 4.92. The molecule has 1 rings (SSSR count). The molecule has 0 atom stereocenters.